The quantitative estimate of drug-likeness (QED) is 0.585. The lowest BCUT2D eigenvalue weighted by Gasteiger charge is -2.24. The molecule has 1 nitrogen and oxygen atoms in total. The third kappa shape index (κ3) is 1.90. The van der Waals surface area contributed by atoms with Gasteiger partial charge in [-0.2, -0.15) is 0 Å². The zero-order chi connectivity index (χ0) is 9.84. The topological polar surface area (TPSA) is 12.4 Å². The standard InChI is InChI=1S/C12H19N/c1-5-6-7-8-11-9(2)10(3)12(11)13-4/h8H,5-7H2,1-4H3/b11-8-,13-12?. The van der Waals surface area contributed by atoms with Crippen LogP contribution in [0.3, 0.4) is 0 Å². The molecule has 1 rings (SSSR count). The molecule has 1 heteroatoms. The molecule has 0 unspecified atom stereocenters. The number of unbranched alkanes of at least 4 members (excludes halogenated alkanes) is 2. The first kappa shape index (κ1) is 10.2. The minimum absolute atomic E-state index is 1.19. The number of hydrogen-bond donors (Lipinski definition) is 0. The summed E-state index contributed by atoms with van der Waals surface area (Å²) in [5, 5.41) is 0. The maximum Gasteiger partial charge on any atom is 0.0674 e. The first-order valence-corrected chi connectivity index (χ1v) is 5.07. The van der Waals surface area contributed by atoms with Crippen molar-refractivity contribution in [2.75, 3.05) is 7.05 Å². The number of hydrogen-bond acceptors (Lipinski definition) is 1. The molecule has 72 valence electrons. The van der Waals surface area contributed by atoms with Crippen LogP contribution < -0.4 is 0 Å². The van der Waals surface area contributed by atoms with Gasteiger partial charge in [-0.25, -0.2) is 0 Å². The molecule has 0 spiro atoms. The van der Waals surface area contributed by atoms with Gasteiger partial charge in [0.2, 0.25) is 0 Å². The van der Waals surface area contributed by atoms with Crippen LogP contribution in [0.15, 0.2) is 27.8 Å². The monoisotopic (exact) mass is 177 g/mol. The second kappa shape index (κ2) is 4.40. The summed E-state index contributed by atoms with van der Waals surface area (Å²) in [6, 6.07) is 0. The first-order chi connectivity index (χ1) is 6.22. The zero-order valence-corrected chi connectivity index (χ0v) is 9.15. The van der Waals surface area contributed by atoms with E-state index in [1.165, 1.54) is 41.7 Å². The fraction of sp³-hybridized carbons (Fsp3) is 0.583. The normalized spacial score (nSPS) is 22.8. The summed E-state index contributed by atoms with van der Waals surface area (Å²) in [7, 11) is 1.87. The maximum atomic E-state index is 4.28. The van der Waals surface area contributed by atoms with Crippen molar-refractivity contribution in [1.82, 2.24) is 0 Å². The summed E-state index contributed by atoms with van der Waals surface area (Å²) in [4.78, 5) is 4.28. The second-order valence-electron chi connectivity index (χ2n) is 3.58. The van der Waals surface area contributed by atoms with Crippen molar-refractivity contribution >= 4 is 5.71 Å². The summed E-state index contributed by atoms with van der Waals surface area (Å²) in [5.41, 5.74) is 5.39. The Morgan fingerprint density at radius 1 is 1.23 bits per heavy atom. The van der Waals surface area contributed by atoms with Crippen LogP contribution in [0.5, 0.6) is 0 Å². The predicted molar refractivity (Wildman–Crippen MR) is 59.3 cm³/mol. The maximum absolute atomic E-state index is 4.28. The van der Waals surface area contributed by atoms with Gasteiger partial charge in [-0.3, -0.25) is 4.99 Å². The van der Waals surface area contributed by atoms with Gasteiger partial charge >= 0.3 is 0 Å². The second-order valence-corrected chi connectivity index (χ2v) is 3.58. The van der Waals surface area contributed by atoms with Crippen LogP contribution in [-0.4, -0.2) is 12.8 Å². The van der Waals surface area contributed by atoms with Crippen LogP contribution in [0, 0.1) is 0 Å². The van der Waals surface area contributed by atoms with E-state index in [4.69, 9.17) is 0 Å². The molecule has 0 saturated heterocycles. The third-order valence-corrected chi connectivity index (χ3v) is 2.71. The van der Waals surface area contributed by atoms with Crippen molar-refractivity contribution in [1.29, 1.82) is 0 Å². The van der Waals surface area contributed by atoms with Crippen LogP contribution in [0.25, 0.3) is 0 Å². The van der Waals surface area contributed by atoms with Gasteiger partial charge in [-0.1, -0.05) is 25.8 Å². The Morgan fingerprint density at radius 2 is 1.92 bits per heavy atom. The molecular weight excluding hydrogens is 158 g/mol. The average molecular weight is 177 g/mol. The number of aliphatic imine (C=N–C) groups is 1. The van der Waals surface area contributed by atoms with Crippen LogP contribution in [-0.2, 0) is 0 Å². The van der Waals surface area contributed by atoms with Crippen molar-refractivity contribution in [2.45, 2.75) is 40.0 Å². The van der Waals surface area contributed by atoms with Crippen LogP contribution in [0.2, 0.25) is 0 Å². The van der Waals surface area contributed by atoms with Crippen LogP contribution in [0.4, 0.5) is 0 Å². The Bertz CT molecular complexity index is 279. The Morgan fingerprint density at radius 3 is 2.46 bits per heavy atom. The van der Waals surface area contributed by atoms with Gasteiger partial charge in [-0.05, 0) is 37.0 Å². The first-order valence-electron chi connectivity index (χ1n) is 5.07. The Balaban J connectivity index is 2.69. The molecule has 0 radical (unpaired) electrons. The Labute approximate surface area is 81.3 Å². The largest absolute Gasteiger partial charge is 0.288 e. The zero-order valence-electron chi connectivity index (χ0n) is 9.15. The molecule has 0 aromatic heterocycles. The minimum Gasteiger partial charge on any atom is -0.288 e. The third-order valence-electron chi connectivity index (χ3n) is 2.71. The van der Waals surface area contributed by atoms with Gasteiger partial charge in [0.25, 0.3) is 0 Å². The van der Waals surface area contributed by atoms with E-state index in [9.17, 15) is 0 Å². The molecule has 0 aromatic carbocycles. The van der Waals surface area contributed by atoms with E-state index >= 15 is 0 Å². The van der Waals surface area contributed by atoms with E-state index in [1.807, 2.05) is 7.05 Å². The molecule has 0 aromatic rings. The van der Waals surface area contributed by atoms with Gasteiger partial charge in [0.05, 0.1) is 5.71 Å². The summed E-state index contributed by atoms with van der Waals surface area (Å²) < 4.78 is 0. The highest BCUT2D eigenvalue weighted by molar-refractivity contribution is 6.22. The smallest absolute Gasteiger partial charge is 0.0674 e. The van der Waals surface area contributed by atoms with E-state index in [0.29, 0.717) is 0 Å². The molecule has 0 aliphatic heterocycles. The van der Waals surface area contributed by atoms with Crippen molar-refractivity contribution in [3.63, 3.8) is 0 Å². The molecule has 0 bridgehead atoms. The minimum atomic E-state index is 1.19. The van der Waals surface area contributed by atoms with Crippen LogP contribution >= 0.6 is 0 Å². The van der Waals surface area contributed by atoms with Gasteiger partial charge < -0.3 is 0 Å². The predicted octanol–water partition coefficient (Wildman–Crippen LogP) is 3.52. The molecule has 0 fully saturated rings. The van der Waals surface area contributed by atoms with Gasteiger partial charge in [-0.15, -0.1) is 0 Å². The van der Waals surface area contributed by atoms with E-state index < -0.39 is 0 Å². The van der Waals surface area contributed by atoms with Crippen molar-refractivity contribution in [3.8, 4) is 0 Å². The van der Waals surface area contributed by atoms with Crippen molar-refractivity contribution in [2.24, 2.45) is 4.99 Å². The van der Waals surface area contributed by atoms with E-state index in [2.05, 4.69) is 31.8 Å². The fourth-order valence-corrected chi connectivity index (χ4v) is 1.69. The van der Waals surface area contributed by atoms with Crippen molar-refractivity contribution < 1.29 is 0 Å². The summed E-state index contributed by atoms with van der Waals surface area (Å²) in [6.45, 7) is 6.55. The Kier molecular flexibility index (Phi) is 3.47. The lowest BCUT2D eigenvalue weighted by atomic mass is 9.82. The van der Waals surface area contributed by atoms with Gasteiger partial charge in [0, 0.05) is 7.05 Å². The lowest BCUT2D eigenvalue weighted by molar-refractivity contribution is 0.812. The molecule has 0 N–H and O–H groups in total. The number of allylic oxidation sites excluding steroid dienone is 4. The molecule has 1 aliphatic rings. The highest BCUT2D eigenvalue weighted by atomic mass is 14.7. The molecular formula is C12H19N. The molecule has 1 aliphatic carbocycles. The van der Waals surface area contributed by atoms with Gasteiger partial charge in [0.15, 0.2) is 0 Å². The molecule has 0 heterocycles. The average Bonchev–Trinajstić information content (AvgIpc) is 2.16. The number of nitrogens with zero attached hydrogens (tertiary/aromatic N) is 1. The Hall–Kier alpha value is -0.850. The SMILES string of the molecule is CCCC/C=C1\C(=NC)C(C)=C1C. The van der Waals surface area contributed by atoms with Crippen LogP contribution in [0.1, 0.15) is 40.0 Å². The highest BCUT2D eigenvalue weighted by Crippen LogP contribution is 2.31. The van der Waals surface area contributed by atoms with Gasteiger partial charge in [0.1, 0.15) is 0 Å². The molecule has 0 saturated carbocycles. The lowest BCUT2D eigenvalue weighted by Crippen LogP contribution is -2.18. The van der Waals surface area contributed by atoms with E-state index in [0.717, 1.165) is 0 Å². The van der Waals surface area contributed by atoms with E-state index in [-0.39, 0.29) is 0 Å². The molecule has 0 atom stereocenters. The molecule has 13 heavy (non-hydrogen) atoms. The van der Waals surface area contributed by atoms with E-state index in [1.54, 1.807) is 0 Å². The fourth-order valence-electron chi connectivity index (χ4n) is 1.69. The number of rotatable bonds is 3. The summed E-state index contributed by atoms with van der Waals surface area (Å²) in [5.74, 6) is 0. The van der Waals surface area contributed by atoms with Crippen molar-refractivity contribution in [3.05, 3.63) is 22.8 Å². The highest BCUT2D eigenvalue weighted by Gasteiger charge is 2.22. The summed E-state index contributed by atoms with van der Waals surface area (Å²) >= 11 is 0. The molecule has 0 amide bonds. The summed E-state index contributed by atoms with van der Waals surface area (Å²) in [6.07, 6.45) is 6.07.